The molecule has 5 nitrogen and oxygen atoms in total. The van der Waals surface area contributed by atoms with Crippen LogP contribution < -0.4 is 11.1 Å². The first kappa shape index (κ1) is 19.5. The van der Waals surface area contributed by atoms with E-state index in [1.54, 1.807) is 6.20 Å². The number of alkyl halides is 3. The third-order valence-electron chi connectivity index (χ3n) is 4.40. The van der Waals surface area contributed by atoms with Crippen LogP contribution in [-0.4, -0.2) is 22.8 Å². The van der Waals surface area contributed by atoms with E-state index in [9.17, 15) is 22.8 Å². The SMILES string of the molecule is NC(=O)[C@@H](Cc1c[nH]c2ccccc12)NC(=O)Cc1cccc(C(F)(F)F)c1. The number of benzene rings is 2. The van der Waals surface area contributed by atoms with Crippen LogP contribution in [0.2, 0.25) is 0 Å². The maximum Gasteiger partial charge on any atom is 0.416 e. The highest BCUT2D eigenvalue weighted by atomic mass is 19.4. The number of primary amides is 1. The molecular formula is C20H18F3N3O2. The van der Waals surface area contributed by atoms with Crippen molar-refractivity contribution >= 4 is 22.7 Å². The Labute approximate surface area is 158 Å². The lowest BCUT2D eigenvalue weighted by molar-refractivity contribution is -0.137. The number of hydrogen-bond donors (Lipinski definition) is 3. The van der Waals surface area contributed by atoms with Gasteiger partial charge in [0, 0.05) is 23.5 Å². The summed E-state index contributed by atoms with van der Waals surface area (Å²) >= 11 is 0. The number of carbonyl (C=O) groups excluding carboxylic acids is 2. The van der Waals surface area contributed by atoms with Crippen LogP contribution in [0.1, 0.15) is 16.7 Å². The molecule has 1 aromatic heterocycles. The Hall–Kier alpha value is -3.29. The van der Waals surface area contributed by atoms with Gasteiger partial charge in [0.2, 0.25) is 11.8 Å². The summed E-state index contributed by atoms with van der Waals surface area (Å²) in [7, 11) is 0. The molecule has 3 aromatic rings. The van der Waals surface area contributed by atoms with E-state index >= 15 is 0 Å². The standard InChI is InChI=1S/C20H18F3N3O2/c21-20(22,23)14-5-3-4-12(8-14)9-18(27)26-17(19(24)28)10-13-11-25-16-7-2-1-6-15(13)16/h1-8,11,17,25H,9-10H2,(H2,24,28)(H,26,27)/t17-/m1/s1. The number of aromatic nitrogens is 1. The zero-order valence-corrected chi connectivity index (χ0v) is 14.7. The molecule has 3 rings (SSSR count). The lowest BCUT2D eigenvalue weighted by Crippen LogP contribution is -2.46. The topological polar surface area (TPSA) is 88.0 Å². The zero-order valence-electron chi connectivity index (χ0n) is 14.7. The lowest BCUT2D eigenvalue weighted by Gasteiger charge is -2.16. The van der Waals surface area contributed by atoms with E-state index in [0.29, 0.717) is 0 Å². The molecule has 0 radical (unpaired) electrons. The Morgan fingerprint density at radius 3 is 2.57 bits per heavy atom. The Balaban J connectivity index is 1.71. The minimum absolute atomic E-state index is 0.174. The van der Waals surface area contributed by atoms with E-state index in [4.69, 9.17) is 5.73 Å². The van der Waals surface area contributed by atoms with Crippen LogP contribution in [0.5, 0.6) is 0 Å². The van der Waals surface area contributed by atoms with Crippen LogP contribution in [-0.2, 0) is 28.6 Å². The van der Waals surface area contributed by atoms with E-state index in [-0.39, 0.29) is 18.4 Å². The number of aromatic amines is 1. The lowest BCUT2D eigenvalue weighted by atomic mass is 10.0. The van der Waals surface area contributed by atoms with Gasteiger partial charge in [0.15, 0.2) is 0 Å². The number of H-pyrrole nitrogens is 1. The number of nitrogens with two attached hydrogens (primary N) is 1. The second-order valence-electron chi connectivity index (χ2n) is 6.46. The van der Waals surface area contributed by atoms with Crippen LogP contribution in [0.25, 0.3) is 10.9 Å². The number of carbonyl (C=O) groups is 2. The third kappa shape index (κ3) is 4.51. The van der Waals surface area contributed by atoms with Gasteiger partial charge in [-0.2, -0.15) is 13.2 Å². The molecule has 0 spiro atoms. The second kappa shape index (κ2) is 7.75. The van der Waals surface area contributed by atoms with E-state index in [2.05, 4.69) is 10.3 Å². The van der Waals surface area contributed by atoms with E-state index in [1.807, 2.05) is 24.3 Å². The molecule has 146 valence electrons. The van der Waals surface area contributed by atoms with Gasteiger partial charge in [-0.1, -0.05) is 36.4 Å². The molecule has 28 heavy (non-hydrogen) atoms. The average Bonchev–Trinajstić information content (AvgIpc) is 3.03. The largest absolute Gasteiger partial charge is 0.416 e. The number of para-hydroxylation sites is 1. The maximum atomic E-state index is 12.8. The Bertz CT molecular complexity index is 1010. The Kier molecular flexibility index (Phi) is 5.39. The summed E-state index contributed by atoms with van der Waals surface area (Å²) in [6, 6.07) is 11.0. The number of halogens is 3. The van der Waals surface area contributed by atoms with Crippen molar-refractivity contribution in [3.05, 3.63) is 71.4 Å². The zero-order chi connectivity index (χ0) is 20.3. The van der Waals surface area contributed by atoms with Gasteiger partial charge in [0.05, 0.1) is 12.0 Å². The number of amides is 2. The fourth-order valence-corrected chi connectivity index (χ4v) is 3.03. The smallest absolute Gasteiger partial charge is 0.368 e. The van der Waals surface area contributed by atoms with Crippen LogP contribution in [0.4, 0.5) is 13.2 Å². The first-order valence-electron chi connectivity index (χ1n) is 8.54. The van der Waals surface area contributed by atoms with Gasteiger partial charge < -0.3 is 16.0 Å². The van der Waals surface area contributed by atoms with Crippen molar-refractivity contribution < 1.29 is 22.8 Å². The normalized spacial score (nSPS) is 12.7. The average molecular weight is 389 g/mol. The number of fused-ring (bicyclic) bond motifs is 1. The molecule has 1 atom stereocenters. The molecule has 2 amide bonds. The van der Waals surface area contributed by atoms with Gasteiger partial charge in [-0.3, -0.25) is 9.59 Å². The highest BCUT2D eigenvalue weighted by molar-refractivity contribution is 5.89. The summed E-state index contributed by atoms with van der Waals surface area (Å²) in [6.45, 7) is 0. The van der Waals surface area contributed by atoms with Gasteiger partial charge >= 0.3 is 6.18 Å². The summed E-state index contributed by atoms with van der Waals surface area (Å²) in [6.07, 6.45) is -2.87. The summed E-state index contributed by atoms with van der Waals surface area (Å²) in [5.41, 5.74) is 6.46. The fourth-order valence-electron chi connectivity index (χ4n) is 3.03. The van der Waals surface area contributed by atoms with Crippen molar-refractivity contribution in [2.75, 3.05) is 0 Å². The number of nitrogens with one attached hydrogen (secondary N) is 2. The number of hydrogen-bond acceptors (Lipinski definition) is 2. The minimum atomic E-state index is -4.49. The predicted octanol–water partition coefficient (Wildman–Crippen LogP) is 2.94. The first-order chi connectivity index (χ1) is 13.2. The fraction of sp³-hybridized carbons (Fsp3) is 0.200. The van der Waals surface area contributed by atoms with Crippen LogP contribution in [0.15, 0.2) is 54.7 Å². The van der Waals surface area contributed by atoms with Gasteiger partial charge in [0.1, 0.15) is 6.04 Å². The maximum absolute atomic E-state index is 12.8. The summed E-state index contributed by atoms with van der Waals surface area (Å²) in [5, 5.41) is 3.42. The quantitative estimate of drug-likeness (QED) is 0.605. The highest BCUT2D eigenvalue weighted by Crippen LogP contribution is 2.29. The van der Waals surface area contributed by atoms with Crippen LogP contribution >= 0.6 is 0 Å². The van der Waals surface area contributed by atoms with E-state index in [1.165, 1.54) is 12.1 Å². The molecule has 8 heteroatoms. The van der Waals surface area contributed by atoms with E-state index in [0.717, 1.165) is 28.6 Å². The molecule has 0 bridgehead atoms. The summed E-state index contributed by atoms with van der Waals surface area (Å²) in [5.74, 6) is -1.30. The molecule has 0 aliphatic carbocycles. The molecule has 0 aliphatic rings. The Morgan fingerprint density at radius 1 is 1.11 bits per heavy atom. The first-order valence-corrected chi connectivity index (χ1v) is 8.54. The van der Waals surface area contributed by atoms with Crippen molar-refractivity contribution in [3.63, 3.8) is 0 Å². The van der Waals surface area contributed by atoms with Crippen molar-refractivity contribution in [2.45, 2.75) is 25.1 Å². The molecule has 0 unspecified atom stereocenters. The molecular weight excluding hydrogens is 371 g/mol. The monoisotopic (exact) mass is 389 g/mol. The summed E-state index contributed by atoms with van der Waals surface area (Å²) in [4.78, 5) is 27.1. The van der Waals surface area contributed by atoms with Crippen molar-refractivity contribution in [1.29, 1.82) is 0 Å². The minimum Gasteiger partial charge on any atom is -0.368 e. The van der Waals surface area contributed by atoms with E-state index < -0.39 is 29.6 Å². The van der Waals surface area contributed by atoms with Crippen molar-refractivity contribution in [3.8, 4) is 0 Å². The number of rotatable bonds is 6. The summed E-state index contributed by atoms with van der Waals surface area (Å²) < 4.78 is 38.4. The molecule has 0 saturated heterocycles. The van der Waals surface area contributed by atoms with Gasteiger partial charge in [-0.05, 0) is 23.3 Å². The predicted molar refractivity (Wildman–Crippen MR) is 98.3 cm³/mol. The second-order valence-corrected chi connectivity index (χ2v) is 6.46. The van der Waals surface area contributed by atoms with Gasteiger partial charge in [-0.25, -0.2) is 0 Å². The Morgan fingerprint density at radius 2 is 1.86 bits per heavy atom. The molecule has 4 N–H and O–H groups in total. The van der Waals surface area contributed by atoms with Crippen LogP contribution in [0, 0.1) is 0 Å². The molecule has 0 aliphatic heterocycles. The van der Waals surface area contributed by atoms with Gasteiger partial charge in [-0.15, -0.1) is 0 Å². The molecule has 0 fully saturated rings. The van der Waals surface area contributed by atoms with Gasteiger partial charge in [0.25, 0.3) is 0 Å². The third-order valence-corrected chi connectivity index (χ3v) is 4.40. The van der Waals surface area contributed by atoms with Crippen LogP contribution in [0.3, 0.4) is 0 Å². The molecule has 1 heterocycles. The molecule has 2 aromatic carbocycles. The van der Waals surface area contributed by atoms with Crippen molar-refractivity contribution in [2.24, 2.45) is 5.73 Å². The van der Waals surface area contributed by atoms with Crippen molar-refractivity contribution in [1.82, 2.24) is 10.3 Å². The molecule has 0 saturated carbocycles. The highest BCUT2D eigenvalue weighted by Gasteiger charge is 2.30.